The molecule has 0 radical (unpaired) electrons. The summed E-state index contributed by atoms with van der Waals surface area (Å²) in [5.41, 5.74) is 0. The van der Waals surface area contributed by atoms with Crippen LogP contribution in [0, 0.1) is 0 Å². The number of alkyl halides is 3. The first-order valence-corrected chi connectivity index (χ1v) is 5.74. The van der Waals surface area contributed by atoms with E-state index in [1.165, 1.54) is 7.11 Å². The van der Waals surface area contributed by atoms with Crippen molar-refractivity contribution >= 4 is 5.97 Å². The highest BCUT2D eigenvalue weighted by molar-refractivity contribution is 5.75. The third kappa shape index (κ3) is 6.51. The molecule has 1 atom stereocenters. The number of carbonyl (C=O) groups is 1. The normalized spacial score (nSPS) is 13.8. The van der Waals surface area contributed by atoms with Crippen LogP contribution in [-0.2, 0) is 9.53 Å². The predicted octanol–water partition coefficient (Wildman–Crippen LogP) is 2.60. The Bertz CT molecular complexity index is 231. The van der Waals surface area contributed by atoms with Crippen molar-refractivity contribution in [1.82, 2.24) is 4.90 Å². The molecule has 0 aliphatic rings. The molecular weight excluding hydrogens is 235 g/mol. The smallest absolute Gasteiger partial charge is 0.401 e. The molecule has 0 aromatic carbocycles. The molecule has 0 N–H and O–H groups in total. The SMILES string of the molecule is CCCCC(C(=O)OC)N(CC)CC(F)(F)F. The summed E-state index contributed by atoms with van der Waals surface area (Å²) in [5, 5.41) is 0. The van der Waals surface area contributed by atoms with Gasteiger partial charge in [0, 0.05) is 0 Å². The van der Waals surface area contributed by atoms with Crippen molar-refractivity contribution in [3.63, 3.8) is 0 Å². The number of likely N-dealkylation sites (N-methyl/N-ethyl adjacent to an activating group) is 1. The number of esters is 1. The van der Waals surface area contributed by atoms with E-state index >= 15 is 0 Å². The molecule has 0 heterocycles. The molecule has 6 heteroatoms. The van der Waals surface area contributed by atoms with E-state index in [9.17, 15) is 18.0 Å². The minimum Gasteiger partial charge on any atom is -0.468 e. The van der Waals surface area contributed by atoms with Gasteiger partial charge in [-0.1, -0.05) is 26.7 Å². The highest BCUT2D eigenvalue weighted by Crippen LogP contribution is 2.20. The van der Waals surface area contributed by atoms with Crippen LogP contribution in [0.25, 0.3) is 0 Å². The average Bonchev–Trinajstić information content (AvgIpc) is 2.25. The second-order valence-corrected chi connectivity index (χ2v) is 3.86. The standard InChI is InChI=1S/C11H20F3NO2/c1-4-6-7-9(10(16)17-3)15(5-2)8-11(12,13)14/h9H,4-8H2,1-3H3. The molecule has 0 amide bonds. The molecule has 3 nitrogen and oxygen atoms in total. The molecule has 0 spiro atoms. The van der Waals surface area contributed by atoms with Gasteiger partial charge in [-0.2, -0.15) is 13.2 Å². The van der Waals surface area contributed by atoms with Crippen molar-refractivity contribution in [1.29, 1.82) is 0 Å². The fourth-order valence-electron chi connectivity index (χ4n) is 1.66. The molecule has 0 rings (SSSR count). The maximum absolute atomic E-state index is 12.3. The van der Waals surface area contributed by atoms with E-state index in [2.05, 4.69) is 4.74 Å². The van der Waals surface area contributed by atoms with Crippen molar-refractivity contribution in [3.8, 4) is 0 Å². The first kappa shape index (κ1) is 16.2. The lowest BCUT2D eigenvalue weighted by Gasteiger charge is -2.29. The Labute approximate surface area is 99.9 Å². The van der Waals surface area contributed by atoms with Crippen LogP contribution in [0.2, 0.25) is 0 Å². The highest BCUT2D eigenvalue weighted by atomic mass is 19.4. The lowest BCUT2D eigenvalue weighted by molar-refractivity contribution is -0.163. The number of halogens is 3. The van der Waals surface area contributed by atoms with Crippen LogP contribution >= 0.6 is 0 Å². The number of hydrogen-bond acceptors (Lipinski definition) is 3. The maximum atomic E-state index is 12.3. The molecule has 0 aromatic rings. The second kappa shape index (κ2) is 7.53. The third-order valence-corrected chi connectivity index (χ3v) is 2.53. The molecule has 0 saturated carbocycles. The van der Waals surface area contributed by atoms with Crippen molar-refractivity contribution < 1.29 is 22.7 Å². The Hall–Kier alpha value is -0.780. The van der Waals surface area contributed by atoms with Crippen LogP contribution in [0.4, 0.5) is 13.2 Å². The Morgan fingerprint density at radius 2 is 1.94 bits per heavy atom. The minimum atomic E-state index is -4.30. The summed E-state index contributed by atoms with van der Waals surface area (Å²) in [6.45, 7) is 2.62. The van der Waals surface area contributed by atoms with Crippen molar-refractivity contribution in [3.05, 3.63) is 0 Å². The number of nitrogens with zero attached hydrogens (tertiary/aromatic N) is 1. The summed E-state index contributed by atoms with van der Waals surface area (Å²) in [4.78, 5) is 12.6. The predicted molar refractivity (Wildman–Crippen MR) is 58.6 cm³/mol. The van der Waals surface area contributed by atoms with E-state index < -0.39 is 24.7 Å². The number of unbranched alkanes of at least 4 members (excludes halogenated alkanes) is 1. The summed E-state index contributed by atoms with van der Waals surface area (Å²) >= 11 is 0. The zero-order chi connectivity index (χ0) is 13.5. The number of carbonyl (C=O) groups excluding carboxylic acids is 1. The molecule has 102 valence electrons. The Morgan fingerprint density at radius 3 is 2.29 bits per heavy atom. The third-order valence-electron chi connectivity index (χ3n) is 2.53. The van der Waals surface area contributed by atoms with Gasteiger partial charge in [-0.15, -0.1) is 0 Å². The van der Waals surface area contributed by atoms with Crippen molar-refractivity contribution in [2.75, 3.05) is 20.2 Å². The largest absolute Gasteiger partial charge is 0.468 e. The van der Waals surface area contributed by atoms with Crippen LogP contribution in [-0.4, -0.2) is 43.3 Å². The van der Waals surface area contributed by atoms with Gasteiger partial charge in [0.25, 0.3) is 0 Å². The summed E-state index contributed by atoms with van der Waals surface area (Å²) in [6.07, 6.45) is -2.37. The van der Waals surface area contributed by atoms with E-state index in [0.717, 1.165) is 11.3 Å². The number of ether oxygens (including phenoxy) is 1. The fourth-order valence-corrected chi connectivity index (χ4v) is 1.66. The van der Waals surface area contributed by atoms with E-state index in [1.807, 2.05) is 6.92 Å². The van der Waals surface area contributed by atoms with Crippen LogP contribution in [0.5, 0.6) is 0 Å². The second-order valence-electron chi connectivity index (χ2n) is 3.86. The molecule has 0 aliphatic heterocycles. The zero-order valence-corrected chi connectivity index (χ0v) is 10.5. The number of rotatable bonds is 7. The molecule has 0 bridgehead atoms. The molecule has 0 aliphatic carbocycles. The van der Waals surface area contributed by atoms with Gasteiger partial charge in [0.1, 0.15) is 6.04 Å². The molecule has 0 saturated heterocycles. The molecule has 1 unspecified atom stereocenters. The molecule has 0 aromatic heterocycles. The van der Waals surface area contributed by atoms with Crippen LogP contribution in [0.3, 0.4) is 0 Å². The van der Waals surface area contributed by atoms with Gasteiger partial charge >= 0.3 is 12.1 Å². The van der Waals surface area contributed by atoms with Gasteiger partial charge in [0.05, 0.1) is 13.7 Å². The topological polar surface area (TPSA) is 29.5 Å². The van der Waals surface area contributed by atoms with E-state index in [1.54, 1.807) is 6.92 Å². The quantitative estimate of drug-likeness (QED) is 0.655. The first-order chi connectivity index (χ1) is 7.85. The summed E-state index contributed by atoms with van der Waals surface area (Å²) in [7, 11) is 1.20. The van der Waals surface area contributed by atoms with Crippen molar-refractivity contribution in [2.24, 2.45) is 0 Å². The van der Waals surface area contributed by atoms with Gasteiger partial charge in [-0.05, 0) is 13.0 Å². The van der Waals surface area contributed by atoms with Crippen LogP contribution < -0.4 is 0 Å². The average molecular weight is 255 g/mol. The molecular formula is C11H20F3NO2. The zero-order valence-electron chi connectivity index (χ0n) is 10.5. The number of methoxy groups -OCH3 is 1. The van der Waals surface area contributed by atoms with Gasteiger partial charge < -0.3 is 4.74 Å². The monoisotopic (exact) mass is 255 g/mol. The Kier molecular flexibility index (Phi) is 7.18. The van der Waals surface area contributed by atoms with E-state index in [0.29, 0.717) is 12.8 Å². The number of hydrogen-bond donors (Lipinski definition) is 0. The summed E-state index contributed by atoms with van der Waals surface area (Å²) in [5.74, 6) is -0.593. The lowest BCUT2D eigenvalue weighted by atomic mass is 10.1. The minimum absolute atomic E-state index is 0.170. The van der Waals surface area contributed by atoms with Gasteiger partial charge in [-0.25, -0.2) is 0 Å². The van der Waals surface area contributed by atoms with Gasteiger partial charge in [-0.3, -0.25) is 9.69 Å². The first-order valence-electron chi connectivity index (χ1n) is 5.74. The van der Waals surface area contributed by atoms with Gasteiger partial charge in [0.2, 0.25) is 0 Å². The van der Waals surface area contributed by atoms with Crippen LogP contribution in [0.15, 0.2) is 0 Å². The van der Waals surface area contributed by atoms with Gasteiger partial charge in [0.15, 0.2) is 0 Å². The van der Waals surface area contributed by atoms with Crippen molar-refractivity contribution in [2.45, 2.75) is 45.3 Å². The fraction of sp³-hybridized carbons (Fsp3) is 0.909. The lowest BCUT2D eigenvalue weighted by Crippen LogP contribution is -2.46. The van der Waals surface area contributed by atoms with E-state index in [4.69, 9.17) is 0 Å². The molecule has 0 fully saturated rings. The Morgan fingerprint density at radius 1 is 1.35 bits per heavy atom. The van der Waals surface area contributed by atoms with E-state index in [-0.39, 0.29) is 6.54 Å². The van der Waals surface area contributed by atoms with Crippen LogP contribution in [0.1, 0.15) is 33.1 Å². The Balaban J connectivity index is 4.65. The summed E-state index contributed by atoms with van der Waals surface area (Å²) < 4.78 is 41.6. The molecule has 17 heavy (non-hydrogen) atoms. The maximum Gasteiger partial charge on any atom is 0.401 e. The highest BCUT2D eigenvalue weighted by Gasteiger charge is 2.35. The summed E-state index contributed by atoms with van der Waals surface area (Å²) in [6, 6.07) is -0.799.